The van der Waals surface area contributed by atoms with E-state index in [-0.39, 0.29) is 5.88 Å². The molecule has 0 amide bonds. The minimum absolute atomic E-state index is 0.0602. The van der Waals surface area contributed by atoms with Gasteiger partial charge < -0.3 is 10.0 Å². The van der Waals surface area contributed by atoms with E-state index < -0.39 is 0 Å². The van der Waals surface area contributed by atoms with Gasteiger partial charge in [0, 0.05) is 14.1 Å². The Labute approximate surface area is 60.8 Å². The van der Waals surface area contributed by atoms with Crippen molar-refractivity contribution in [3.05, 3.63) is 35.8 Å². The molecule has 1 aliphatic carbocycles. The van der Waals surface area contributed by atoms with E-state index in [9.17, 15) is 5.11 Å². The maximum Gasteiger partial charge on any atom is 0.00501 e. The number of hydrogen-bond acceptors (Lipinski definition) is 2. The largest absolute Gasteiger partial charge is 0.860 e. The van der Waals surface area contributed by atoms with Gasteiger partial charge in [0.15, 0.2) is 0 Å². The SMILES string of the molecule is CN(C)C([O-])=C1C=CC=C1. The van der Waals surface area contributed by atoms with Crippen molar-refractivity contribution < 1.29 is 5.11 Å². The van der Waals surface area contributed by atoms with Crippen LogP contribution in [0.15, 0.2) is 35.8 Å². The summed E-state index contributed by atoms with van der Waals surface area (Å²) in [5, 5.41) is 11.1. The fourth-order valence-corrected chi connectivity index (χ4v) is 0.775. The first kappa shape index (κ1) is 6.93. The van der Waals surface area contributed by atoms with Gasteiger partial charge in [0.25, 0.3) is 0 Å². The molecule has 10 heavy (non-hydrogen) atoms. The molecule has 0 spiro atoms. The van der Waals surface area contributed by atoms with Gasteiger partial charge in [0.05, 0.1) is 0 Å². The van der Waals surface area contributed by atoms with Crippen molar-refractivity contribution in [1.82, 2.24) is 4.90 Å². The maximum atomic E-state index is 11.1. The van der Waals surface area contributed by atoms with Gasteiger partial charge in [-0.1, -0.05) is 24.3 Å². The smallest absolute Gasteiger partial charge is 0.00501 e. The van der Waals surface area contributed by atoms with Crippen LogP contribution in [0.25, 0.3) is 0 Å². The van der Waals surface area contributed by atoms with Crippen LogP contribution in [-0.2, 0) is 0 Å². The molecule has 1 rings (SSSR count). The summed E-state index contributed by atoms with van der Waals surface area (Å²) in [6, 6.07) is 0. The first-order valence-electron chi connectivity index (χ1n) is 3.15. The highest BCUT2D eigenvalue weighted by Crippen LogP contribution is 2.10. The molecule has 0 atom stereocenters. The third kappa shape index (κ3) is 1.21. The minimum Gasteiger partial charge on any atom is -0.860 e. The van der Waals surface area contributed by atoms with Crippen LogP contribution in [0.3, 0.4) is 0 Å². The van der Waals surface area contributed by atoms with E-state index in [0.717, 1.165) is 5.57 Å². The van der Waals surface area contributed by atoms with Gasteiger partial charge in [-0.15, -0.1) is 0 Å². The number of nitrogens with zero attached hydrogens (tertiary/aromatic N) is 1. The summed E-state index contributed by atoms with van der Waals surface area (Å²) in [7, 11) is 3.49. The molecule has 0 aromatic heterocycles. The van der Waals surface area contributed by atoms with E-state index in [2.05, 4.69) is 0 Å². The Morgan fingerprint density at radius 1 is 1.30 bits per heavy atom. The molecule has 1 aliphatic rings. The van der Waals surface area contributed by atoms with E-state index in [1.54, 1.807) is 19.0 Å². The summed E-state index contributed by atoms with van der Waals surface area (Å²) in [5.41, 5.74) is 0.755. The molecule has 0 fully saturated rings. The molecular formula is C8H10NO-. The van der Waals surface area contributed by atoms with Gasteiger partial charge in [-0.3, -0.25) is 0 Å². The van der Waals surface area contributed by atoms with Crippen LogP contribution in [0.2, 0.25) is 0 Å². The van der Waals surface area contributed by atoms with E-state index in [0.29, 0.717) is 0 Å². The molecule has 54 valence electrons. The van der Waals surface area contributed by atoms with Gasteiger partial charge in [0.1, 0.15) is 0 Å². The molecule has 0 aromatic carbocycles. The third-order valence-electron chi connectivity index (χ3n) is 1.32. The predicted molar refractivity (Wildman–Crippen MR) is 39.0 cm³/mol. The lowest BCUT2D eigenvalue weighted by Gasteiger charge is -2.23. The molecular weight excluding hydrogens is 126 g/mol. The highest BCUT2D eigenvalue weighted by atomic mass is 16.3. The van der Waals surface area contributed by atoms with Crippen molar-refractivity contribution in [3.63, 3.8) is 0 Å². The Kier molecular flexibility index (Phi) is 1.81. The Morgan fingerprint density at radius 3 is 2.20 bits per heavy atom. The van der Waals surface area contributed by atoms with Gasteiger partial charge in [-0.05, 0) is 11.5 Å². The summed E-state index contributed by atoms with van der Waals surface area (Å²) in [4.78, 5) is 1.56. The predicted octanol–water partition coefficient (Wildman–Crippen LogP) is 0.246. The zero-order chi connectivity index (χ0) is 7.56. The van der Waals surface area contributed by atoms with Crippen LogP contribution < -0.4 is 5.11 Å². The molecule has 0 saturated heterocycles. The first-order valence-corrected chi connectivity index (χ1v) is 3.15. The van der Waals surface area contributed by atoms with E-state index in [4.69, 9.17) is 0 Å². The third-order valence-corrected chi connectivity index (χ3v) is 1.32. The molecule has 0 heterocycles. The number of allylic oxidation sites excluding steroid dienone is 5. The Hall–Kier alpha value is -1.18. The fraction of sp³-hybridized carbons (Fsp3) is 0.250. The van der Waals surface area contributed by atoms with Gasteiger partial charge in [-0.25, -0.2) is 0 Å². The zero-order valence-corrected chi connectivity index (χ0v) is 6.16. The molecule has 0 saturated carbocycles. The fourth-order valence-electron chi connectivity index (χ4n) is 0.775. The molecule has 0 unspecified atom stereocenters. The second kappa shape index (κ2) is 2.60. The van der Waals surface area contributed by atoms with Crippen LogP contribution >= 0.6 is 0 Å². The molecule has 0 bridgehead atoms. The quantitative estimate of drug-likeness (QED) is 0.483. The number of hydrogen-bond donors (Lipinski definition) is 0. The van der Waals surface area contributed by atoms with Crippen molar-refractivity contribution in [3.8, 4) is 0 Å². The van der Waals surface area contributed by atoms with E-state index >= 15 is 0 Å². The van der Waals surface area contributed by atoms with Gasteiger partial charge >= 0.3 is 0 Å². The molecule has 2 nitrogen and oxygen atoms in total. The highest BCUT2D eigenvalue weighted by Gasteiger charge is 1.94. The molecule has 0 N–H and O–H groups in total. The normalized spacial score (nSPS) is 14.4. The topological polar surface area (TPSA) is 26.3 Å². The standard InChI is InChI=1S/C8H11NO/c1-9(2)8(10)7-5-3-4-6-7/h3-6,10H,1-2H3/p-1. The lowest BCUT2D eigenvalue weighted by molar-refractivity contribution is -0.329. The molecule has 0 aliphatic heterocycles. The lowest BCUT2D eigenvalue weighted by Crippen LogP contribution is -2.23. The van der Waals surface area contributed by atoms with Crippen molar-refractivity contribution in [2.24, 2.45) is 0 Å². The maximum absolute atomic E-state index is 11.1. The Balaban J connectivity index is 2.85. The van der Waals surface area contributed by atoms with E-state index in [1.807, 2.05) is 24.3 Å². The zero-order valence-electron chi connectivity index (χ0n) is 6.16. The van der Waals surface area contributed by atoms with Gasteiger partial charge in [-0.2, -0.15) is 0 Å². The number of rotatable bonds is 1. The summed E-state index contributed by atoms with van der Waals surface area (Å²) in [6.45, 7) is 0. The van der Waals surface area contributed by atoms with Crippen LogP contribution in [0.1, 0.15) is 0 Å². The summed E-state index contributed by atoms with van der Waals surface area (Å²) in [5.74, 6) is 0.0602. The highest BCUT2D eigenvalue weighted by molar-refractivity contribution is 5.40. The Bertz CT molecular complexity index is 197. The lowest BCUT2D eigenvalue weighted by atomic mass is 10.3. The summed E-state index contributed by atoms with van der Waals surface area (Å²) < 4.78 is 0. The molecule has 2 heteroatoms. The van der Waals surface area contributed by atoms with Crippen LogP contribution in [0.4, 0.5) is 0 Å². The summed E-state index contributed by atoms with van der Waals surface area (Å²) >= 11 is 0. The van der Waals surface area contributed by atoms with Crippen molar-refractivity contribution in [2.75, 3.05) is 14.1 Å². The van der Waals surface area contributed by atoms with Crippen LogP contribution in [0, 0.1) is 0 Å². The first-order chi connectivity index (χ1) is 4.72. The second-order valence-corrected chi connectivity index (χ2v) is 2.37. The van der Waals surface area contributed by atoms with Gasteiger partial charge in [0.2, 0.25) is 0 Å². The van der Waals surface area contributed by atoms with Crippen molar-refractivity contribution in [1.29, 1.82) is 0 Å². The monoisotopic (exact) mass is 136 g/mol. The van der Waals surface area contributed by atoms with Crippen molar-refractivity contribution in [2.45, 2.75) is 0 Å². The minimum atomic E-state index is 0.0602. The van der Waals surface area contributed by atoms with E-state index in [1.165, 1.54) is 0 Å². The van der Waals surface area contributed by atoms with Crippen molar-refractivity contribution >= 4 is 0 Å². The average molecular weight is 136 g/mol. The van der Waals surface area contributed by atoms with Crippen LogP contribution in [-0.4, -0.2) is 19.0 Å². The molecule has 0 aromatic rings. The average Bonchev–Trinajstić information content (AvgIpc) is 2.36. The Morgan fingerprint density at radius 2 is 1.80 bits per heavy atom. The second-order valence-electron chi connectivity index (χ2n) is 2.37. The van der Waals surface area contributed by atoms with Crippen LogP contribution in [0.5, 0.6) is 0 Å². The summed E-state index contributed by atoms with van der Waals surface area (Å²) in [6.07, 6.45) is 7.33. The molecule has 0 radical (unpaired) electrons.